The maximum atomic E-state index is 13.0. The lowest BCUT2D eigenvalue weighted by Gasteiger charge is -2.37. The number of allylic oxidation sites excluding steroid dienone is 1. The molecule has 3 aromatic rings. The number of imidazole rings is 1. The number of carbonyl (C=O) groups excluding carboxylic acids is 1. The van der Waals surface area contributed by atoms with Gasteiger partial charge in [0.15, 0.2) is 0 Å². The van der Waals surface area contributed by atoms with Crippen LogP contribution in [-0.4, -0.2) is 44.6 Å². The quantitative estimate of drug-likeness (QED) is 0.410. The molecular weight excluding hydrogens is 494 g/mol. The summed E-state index contributed by atoms with van der Waals surface area (Å²) in [6.07, 6.45) is 15.9. The van der Waals surface area contributed by atoms with Crippen molar-refractivity contribution < 1.29 is 4.79 Å². The third-order valence-corrected chi connectivity index (χ3v) is 8.92. The van der Waals surface area contributed by atoms with Crippen molar-refractivity contribution in [3.63, 3.8) is 0 Å². The molecule has 2 aliphatic carbocycles. The zero-order valence-electron chi connectivity index (χ0n) is 22.1. The molecule has 198 valence electrons. The normalized spacial score (nSPS) is 20.3. The first-order chi connectivity index (χ1) is 18.6. The molecule has 1 saturated carbocycles. The molecule has 2 amide bonds. The summed E-state index contributed by atoms with van der Waals surface area (Å²) in [5, 5.41) is 4.05. The summed E-state index contributed by atoms with van der Waals surface area (Å²) in [7, 11) is 0. The minimum absolute atomic E-state index is 0.113. The van der Waals surface area contributed by atoms with Crippen LogP contribution in [0.4, 0.5) is 4.79 Å². The average Bonchev–Trinajstić information content (AvgIpc) is 3.29. The number of aromatic nitrogens is 3. The Morgan fingerprint density at radius 1 is 1.05 bits per heavy atom. The van der Waals surface area contributed by atoms with Gasteiger partial charge in [0.05, 0.1) is 5.69 Å². The Bertz CT molecular complexity index is 1330. The molecule has 7 heteroatoms. The van der Waals surface area contributed by atoms with Crippen LogP contribution < -0.4 is 5.32 Å². The molecule has 3 aliphatic rings. The van der Waals surface area contributed by atoms with Crippen molar-refractivity contribution in [3.8, 4) is 0 Å². The van der Waals surface area contributed by atoms with E-state index in [-0.39, 0.29) is 11.9 Å². The number of nitrogens with zero attached hydrogens (tertiary/aromatic N) is 4. The number of likely N-dealkylation sites (tertiary alicyclic amines) is 1. The van der Waals surface area contributed by atoms with Crippen LogP contribution in [0.25, 0.3) is 11.6 Å². The topological polar surface area (TPSA) is 63.1 Å². The van der Waals surface area contributed by atoms with E-state index in [1.807, 2.05) is 42.5 Å². The summed E-state index contributed by atoms with van der Waals surface area (Å²) in [6.45, 7) is 4.31. The summed E-state index contributed by atoms with van der Waals surface area (Å²) in [4.78, 5) is 24.4. The molecule has 0 spiro atoms. The maximum Gasteiger partial charge on any atom is 0.317 e. The van der Waals surface area contributed by atoms with Crippen LogP contribution in [0.2, 0.25) is 5.02 Å². The number of pyridine rings is 1. The number of nitrogens with one attached hydrogen (secondary N) is 1. The highest BCUT2D eigenvalue weighted by Crippen LogP contribution is 2.45. The van der Waals surface area contributed by atoms with Gasteiger partial charge < -0.3 is 14.8 Å². The number of amides is 2. The highest BCUT2D eigenvalue weighted by atomic mass is 35.5. The number of hydrogen-bond acceptors (Lipinski definition) is 3. The van der Waals surface area contributed by atoms with Gasteiger partial charge in [-0.15, -0.1) is 0 Å². The Morgan fingerprint density at radius 2 is 1.87 bits per heavy atom. The number of fused-ring (bicyclic) bond motifs is 2. The number of urea groups is 1. The lowest BCUT2D eigenvalue weighted by atomic mass is 9.76. The van der Waals surface area contributed by atoms with Crippen LogP contribution in [-0.2, 0) is 6.54 Å². The van der Waals surface area contributed by atoms with Crippen LogP contribution in [0.5, 0.6) is 0 Å². The van der Waals surface area contributed by atoms with Gasteiger partial charge in [0.1, 0.15) is 5.82 Å². The van der Waals surface area contributed by atoms with E-state index in [0.29, 0.717) is 12.0 Å². The van der Waals surface area contributed by atoms with Gasteiger partial charge in [0.25, 0.3) is 0 Å². The van der Waals surface area contributed by atoms with E-state index in [0.717, 1.165) is 67.4 Å². The summed E-state index contributed by atoms with van der Waals surface area (Å²) >= 11 is 6.57. The fourth-order valence-electron chi connectivity index (χ4n) is 6.61. The van der Waals surface area contributed by atoms with Gasteiger partial charge in [-0.3, -0.25) is 4.98 Å². The van der Waals surface area contributed by atoms with Crippen LogP contribution in [0.1, 0.15) is 79.1 Å². The van der Waals surface area contributed by atoms with E-state index in [1.54, 1.807) is 0 Å². The van der Waals surface area contributed by atoms with Gasteiger partial charge in [-0.25, -0.2) is 9.78 Å². The van der Waals surface area contributed by atoms with E-state index >= 15 is 0 Å². The van der Waals surface area contributed by atoms with Crippen LogP contribution in [0.15, 0.2) is 48.9 Å². The molecule has 1 N–H and O–H groups in total. The Morgan fingerprint density at radius 3 is 2.63 bits per heavy atom. The molecule has 0 radical (unpaired) electrons. The van der Waals surface area contributed by atoms with Crippen molar-refractivity contribution in [2.75, 3.05) is 13.1 Å². The Labute approximate surface area is 230 Å². The Hall–Kier alpha value is -3.12. The first-order valence-corrected chi connectivity index (χ1v) is 14.4. The van der Waals surface area contributed by atoms with Gasteiger partial charge in [0, 0.05) is 55.2 Å². The zero-order chi connectivity index (χ0) is 26.1. The largest absolute Gasteiger partial charge is 0.335 e. The van der Waals surface area contributed by atoms with Gasteiger partial charge >= 0.3 is 6.03 Å². The van der Waals surface area contributed by atoms with Crippen LogP contribution >= 0.6 is 11.6 Å². The maximum absolute atomic E-state index is 13.0. The number of piperidine rings is 1. The van der Waals surface area contributed by atoms with Crippen molar-refractivity contribution in [1.82, 2.24) is 24.8 Å². The molecular formula is C31H36ClN5O. The van der Waals surface area contributed by atoms with E-state index in [2.05, 4.69) is 39.1 Å². The summed E-state index contributed by atoms with van der Waals surface area (Å²) < 4.78 is 2.18. The second-order valence-corrected chi connectivity index (χ2v) is 11.5. The lowest BCUT2D eigenvalue weighted by molar-refractivity contribution is 0.160. The van der Waals surface area contributed by atoms with E-state index in [4.69, 9.17) is 16.6 Å². The predicted octanol–water partition coefficient (Wildman–Crippen LogP) is 6.68. The monoisotopic (exact) mass is 529 g/mol. The van der Waals surface area contributed by atoms with Crippen molar-refractivity contribution in [1.29, 1.82) is 0 Å². The molecule has 1 aromatic carbocycles. The number of carbonyl (C=O) groups is 1. The SMILES string of the molecule is Cc1nccn1CC1=Cc2cccnc2C(C2CCN(C(=O)NC3CCCCC3)CC2)c2ccc(Cl)cc21. The highest BCUT2D eigenvalue weighted by molar-refractivity contribution is 6.30. The molecule has 0 bridgehead atoms. The average molecular weight is 530 g/mol. The molecule has 3 heterocycles. The third-order valence-electron chi connectivity index (χ3n) is 8.69. The van der Waals surface area contributed by atoms with Crippen molar-refractivity contribution in [2.45, 2.75) is 70.4 Å². The Balaban J connectivity index is 1.28. The van der Waals surface area contributed by atoms with Crippen molar-refractivity contribution in [2.24, 2.45) is 5.92 Å². The highest BCUT2D eigenvalue weighted by Gasteiger charge is 2.35. The molecule has 1 unspecified atom stereocenters. The first-order valence-electron chi connectivity index (χ1n) is 14.1. The van der Waals surface area contributed by atoms with Gasteiger partial charge in [-0.1, -0.05) is 43.0 Å². The van der Waals surface area contributed by atoms with Gasteiger partial charge in [0.2, 0.25) is 0 Å². The third kappa shape index (κ3) is 5.11. The second-order valence-electron chi connectivity index (χ2n) is 11.1. The molecule has 2 fully saturated rings. The number of aryl methyl sites for hydroxylation is 1. The molecule has 6 nitrogen and oxygen atoms in total. The van der Waals surface area contributed by atoms with Crippen LogP contribution in [0, 0.1) is 12.8 Å². The van der Waals surface area contributed by atoms with Gasteiger partial charge in [-0.2, -0.15) is 0 Å². The molecule has 38 heavy (non-hydrogen) atoms. The number of halogens is 1. The van der Waals surface area contributed by atoms with E-state index < -0.39 is 0 Å². The zero-order valence-corrected chi connectivity index (χ0v) is 22.8. The lowest BCUT2D eigenvalue weighted by Crippen LogP contribution is -2.48. The minimum atomic E-state index is 0.113. The molecule has 2 aromatic heterocycles. The molecule has 1 aliphatic heterocycles. The minimum Gasteiger partial charge on any atom is -0.335 e. The summed E-state index contributed by atoms with van der Waals surface area (Å²) in [5.74, 6) is 1.53. The standard InChI is InChI=1S/C31H36ClN5O/c1-21-33-14-17-37(21)20-24-18-23-6-5-13-34-30(23)29(27-10-9-25(32)19-28(24)27)22-11-15-36(16-12-22)31(38)35-26-7-3-2-4-8-26/h5-6,9-10,13-14,17-19,22,26,29H,2-4,7-8,11-12,15-16,20H2,1H3,(H,35,38). The molecule has 1 atom stereocenters. The van der Waals surface area contributed by atoms with Gasteiger partial charge in [-0.05, 0) is 85.1 Å². The number of benzene rings is 1. The summed E-state index contributed by atoms with van der Waals surface area (Å²) in [5.41, 5.74) is 5.96. The summed E-state index contributed by atoms with van der Waals surface area (Å²) in [6, 6.07) is 11.0. The smallest absolute Gasteiger partial charge is 0.317 e. The molecule has 1 saturated heterocycles. The number of hydrogen-bond donors (Lipinski definition) is 1. The Kier molecular flexibility index (Phi) is 7.24. The number of rotatable bonds is 4. The van der Waals surface area contributed by atoms with Crippen molar-refractivity contribution >= 4 is 29.3 Å². The second kappa shape index (κ2) is 10.9. The van der Waals surface area contributed by atoms with Crippen molar-refractivity contribution in [3.05, 3.63) is 82.2 Å². The van der Waals surface area contributed by atoms with Crippen LogP contribution in [0.3, 0.4) is 0 Å². The first kappa shape index (κ1) is 25.2. The van der Waals surface area contributed by atoms with E-state index in [1.165, 1.54) is 36.0 Å². The van der Waals surface area contributed by atoms with E-state index in [9.17, 15) is 4.79 Å². The fraction of sp³-hybridized carbons (Fsp3) is 0.452. The predicted molar refractivity (Wildman–Crippen MR) is 152 cm³/mol. The fourth-order valence-corrected chi connectivity index (χ4v) is 6.79. The molecule has 6 rings (SSSR count).